The number of nitro groups is 1. The quantitative estimate of drug-likeness (QED) is 0.336. The number of nitrogens with zero attached hydrogens (tertiary/aromatic N) is 5. The van der Waals surface area contributed by atoms with Crippen molar-refractivity contribution in [1.82, 2.24) is 14.9 Å². The predicted molar refractivity (Wildman–Crippen MR) is 119 cm³/mol. The Kier molecular flexibility index (Phi) is 6.28. The van der Waals surface area contributed by atoms with Gasteiger partial charge in [0.25, 0.3) is 12.4 Å². The fourth-order valence-corrected chi connectivity index (χ4v) is 4.22. The first-order valence-corrected chi connectivity index (χ1v) is 10.8. The van der Waals surface area contributed by atoms with Gasteiger partial charge in [-0.1, -0.05) is 18.5 Å². The molecule has 0 saturated heterocycles. The fourth-order valence-electron chi connectivity index (χ4n) is 4.22. The van der Waals surface area contributed by atoms with Crippen molar-refractivity contribution in [2.45, 2.75) is 38.5 Å². The van der Waals surface area contributed by atoms with Gasteiger partial charge in [0.15, 0.2) is 0 Å². The summed E-state index contributed by atoms with van der Waals surface area (Å²) >= 11 is 0. The second-order valence-electron chi connectivity index (χ2n) is 9.01. The van der Waals surface area contributed by atoms with Crippen LogP contribution in [0.4, 0.5) is 5.69 Å². The number of nitriles is 1. The van der Waals surface area contributed by atoms with Crippen molar-refractivity contribution < 1.29 is 14.4 Å². The third-order valence-electron chi connectivity index (χ3n) is 6.07. The Labute approximate surface area is 187 Å². The first kappa shape index (κ1) is 22.0. The largest absolute Gasteiger partial charge is 0.472 e. The van der Waals surface area contributed by atoms with E-state index in [1.54, 1.807) is 18.2 Å². The van der Waals surface area contributed by atoms with Gasteiger partial charge in [0.1, 0.15) is 6.61 Å². The van der Waals surface area contributed by atoms with Crippen LogP contribution in [0.2, 0.25) is 6.32 Å². The Morgan fingerprint density at radius 2 is 2.06 bits per heavy atom. The van der Waals surface area contributed by atoms with Crippen LogP contribution in [0.3, 0.4) is 0 Å². The highest BCUT2D eigenvalue weighted by Crippen LogP contribution is 2.46. The Balaban J connectivity index is 1.56. The number of nitro benzene ring substituents is 1. The van der Waals surface area contributed by atoms with Gasteiger partial charge in [-0.05, 0) is 45.7 Å². The molecular formula is C22H26BN5O4. The van der Waals surface area contributed by atoms with Crippen molar-refractivity contribution >= 4 is 12.4 Å². The molecule has 1 aliphatic carbocycles. The van der Waals surface area contributed by atoms with Crippen molar-refractivity contribution in [3.05, 3.63) is 51.2 Å². The van der Waals surface area contributed by atoms with Crippen molar-refractivity contribution in [2.75, 3.05) is 27.2 Å². The van der Waals surface area contributed by atoms with Crippen LogP contribution in [0, 0.1) is 26.8 Å². The molecule has 166 valence electrons. The molecule has 32 heavy (non-hydrogen) atoms. The summed E-state index contributed by atoms with van der Waals surface area (Å²) in [5, 5.41) is 20.7. The molecule has 0 radical (unpaired) electrons. The molecule has 0 N–H and O–H groups in total. The topological polar surface area (TPSA) is 114 Å². The summed E-state index contributed by atoms with van der Waals surface area (Å²) in [7, 11) is 4.10. The first-order chi connectivity index (χ1) is 15.4. The third kappa shape index (κ3) is 4.99. The summed E-state index contributed by atoms with van der Waals surface area (Å²) in [6, 6.07) is 6.74. The second-order valence-corrected chi connectivity index (χ2v) is 9.01. The Bertz CT molecular complexity index is 1050. The van der Waals surface area contributed by atoms with Gasteiger partial charge in [-0.25, -0.2) is 10.2 Å². The molecule has 1 aromatic heterocycles. The molecule has 0 amide bonds. The highest BCUT2D eigenvalue weighted by Gasteiger charge is 2.44. The molecule has 4 rings (SSSR count). The van der Waals surface area contributed by atoms with Gasteiger partial charge in [0, 0.05) is 35.3 Å². The van der Waals surface area contributed by atoms with Crippen LogP contribution in [-0.4, -0.2) is 53.8 Å². The van der Waals surface area contributed by atoms with Gasteiger partial charge in [0.05, 0.1) is 17.1 Å². The van der Waals surface area contributed by atoms with Gasteiger partial charge < -0.3 is 14.4 Å². The Morgan fingerprint density at radius 3 is 2.75 bits per heavy atom. The molecule has 2 aliphatic rings. The number of ether oxygens (including phenoxy) is 2. The van der Waals surface area contributed by atoms with Crippen LogP contribution < -0.4 is 9.47 Å². The normalized spacial score (nSPS) is 16.2. The smallest absolute Gasteiger partial charge is 0.319 e. The molecule has 1 aliphatic heterocycles. The highest BCUT2D eigenvalue weighted by atomic mass is 16.6. The van der Waals surface area contributed by atoms with Gasteiger partial charge >= 0.3 is 6.01 Å². The van der Waals surface area contributed by atoms with E-state index in [9.17, 15) is 15.4 Å². The highest BCUT2D eigenvalue weighted by molar-refractivity contribution is 6.66. The zero-order valence-corrected chi connectivity index (χ0v) is 18.4. The van der Waals surface area contributed by atoms with Crippen LogP contribution >= 0.6 is 0 Å². The van der Waals surface area contributed by atoms with E-state index in [4.69, 9.17) is 9.47 Å². The van der Waals surface area contributed by atoms with E-state index in [0.717, 1.165) is 30.6 Å². The number of aromatic nitrogens is 2. The van der Waals surface area contributed by atoms with E-state index < -0.39 is 4.92 Å². The van der Waals surface area contributed by atoms with Crippen LogP contribution in [-0.2, 0) is 19.3 Å². The molecule has 10 heteroatoms. The van der Waals surface area contributed by atoms with E-state index in [2.05, 4.69) is 20.8 Å². The maximum absolute atomic E-state index is 11.3. The minimum atomic E-state index is -0.417. The first-order valence-electron chi connectivity index (χ1n) is 10.8. The summed E-state index contributed by atoms with van der Waals surface area (Å²) in [6.45, 7) is 1.38. The average Bonchev–Trinajstić information content (AvgIpc) is 3.54. The fraction of sp³-hybridized carbons (Fsp3) is 0.500. The third-order valence-corrected chi connectivity index (χ3v) is 6.07. The Hall–Kier alpha value is -3.19. The number of hydrogen-bond acceptors (Lipinski definition) is 8. The van der Waals surface area contributed by atoms with Gasteiger partial charge in [-0.3, -0.25) is 10.1 Å². The summed E-state index contributed by atoms with van der Waals surface area (Å²) < 4.78 is 12.0. The molecule has 1 fully saturated rings. The lowest BCUT2D eigenvalue weighted by Gasteiger charge is -2.22. The van der Waals surface area contributed by atoms with Crippen LogP contribution in [0.5, 0.6) is 11.9 Å². The van der Waals surface area contributed by atoms with E-state index >= 15 is 0 Å². The Morgan fingerprint density at radius 1 is 1.28 bits per heavy atom. The predicted octanol–water partition coefficient (Wildman–Crippen LogP) is 2.88. The molecule has 1 saturated carbocycles. The van der Waals surface area contributed by atoms with Crippen LogP contribution in [0.1, 0.15) is 29.7 Å². The lowest BCUT2D eigenvalue weighted by molar-refractivity contribution is -0.385. The molecule has 1 aromatic carbocycles. The number of fused-ring (bicyclic) bond motifs is 1. The molecular weight excluding hydrogens is 409 g/mol. The second kappa shape index (κ2) is 9.13. The number of para-hydroxylation sites is 1. The monoisotopic (exact) mass is 435 g/mol. The van der Waals surface area contributed by atoms with Gasteiger partial charge in [-0.2, -0.15) is 4.98 Å². The van der Waals surface area contributed by atoms with Crippen molar-refractivity contribution in [1.29, 1.82) is 5.26 Å². The molecule has 0 unspecified atom stereocenters. The summed E-state index contributed by atoms with van der Waals surface area (Å²) in [6.07, 6.45) is 4.07. The van der Waals surface area contributed by atoms with Crippen molar-refractivity contribution in [3.63, 3.8) is 0 Å². The lowest BCUT2D eigenvalue weighted by Crippen LogP contribution is -2.28. The maximum atomic E-state index is 11.3. The van der Waals surface area contributed by atoms with Crippen LogP contribution in [0.15, 0.2) is 24.3 Å². The van der Waals surface area contributed by atoms with Crippen LogP contribution in [0.25, 0.3) is 0 Å². The zero-order chi connectivity index (χ0) is 22.7. The molecule has 2 aromatic rings. The van der Waals surface area contributed by atoms with Gasteiger partial charge in [-0.15, -0.1) is 0 Å². The number of hydrogen-bond donors (Lipinski definition) is 0. The molecule has 2 heterocycles. The summed E-state index contributed by atoms with van der Waals surface area (Å²) in [5.74, 6) is 2.71. The molecule has 0 atom stereocenters. The zero-order valence-electron chi connectivity index (χ0n) is 18.4. The van der Waals surface area contributed by atoms with E-state index in [0.29, 0.717) is 37.1 Å². The molecule has 0 bridgehead atoms. The minimum absolute atomic E-state index is 0.0100. The van der Waals surface area contributed by atoms with E-state index in [1.807, 2.05) is 14.1 Å². The van der Waals surface area contributed by atoms with E-state index in [1.165, 1.54) is 6.07 Å². The molecule has 9 nitrogen and oxygen atoms in total. The number of benzene rings is 1. The van der Waals surface area contributed by atoms with Crippen molar-refractivity contribution in [2.24, 2.45) is 5.41 Å². The SMILES string of the molecule is CN(C)CC1(COc2nc3c(c(OCc4ccccc4[N+](=O)[O-])n2)CCB(C#N)C3)CC1. The van der Waals surface area contributed by atoms with Gasteiger partial charge in [0.2, 0.25) is 5.88 Å². The number of rotatable bonds is 9. The average molecular weight is 435 g/mol. The summed E-state index contributed by atoms with van der Waals surface area (Å²) in [5.41, 5.74) is 2.24. The maximum Gasteiger partial charge on any atom is 0.319 e. The van der Waals surface area contributed by atoms with E-state index in [-0.39, 0.29) is 30.4 Å². The molecule has 0 spiro atoms. The standard InChI is InChI=1S/C22H26BN5O4/c1-27(2)13-22(8-9-22)14-32-21-25-18-11-23(15-24)10-7-17(18)20(26-21)31-12-16-5-3-4-6-19(16)28(29)30/h3-6H,7-14H2,1-2H3. The lowest BCUT2D eigenvalue weighted by atomic mass is 9.43. The van der Waals surface area contributed by atoms with Crippen molar-refractivity contribution in [3.8, 4) is 17.9 Å². The minimum Gasteiger partial charge on any atom is -0.472 e. The summed E-state index contributed by atoms with van der Waals surface area (Å²) in [4.78, 5) is 22.2.